The van der Waals surface area contributed by atoms with Crippen molar-refractivity contribution in [3.63, 3.8) is 0 Å². The Morgan fingerprint density at radius 1 is 0.750 bits per heavy atom. The van der Waals surface area contributed by atoms with Gasteiger partial charge in [-0.05, 0) is 64.2 Å². The van der Waals surface area contributed by atoms with Crippen molar-refractivity contribution in [3.05, 3.63) is 0 Å². The summed E-state index contributed by atoms with van der Waals surface area (Å²) in [7, 11) is 0. The van der Waals surface area contributed by atoms with E-state index in [1.165, 1.54) is 97.1 Å². The Labute approximate surface area is 125 Å². The number of nitrogens with two attached hydrogens (primary N) is 1. The highest BCUT2D eigenvalue weighted by Gasteiger charge is 2.19. The van der Waals surface area contributed by atoms with Crippen LogP contribution in [0.3, 0.4) is 0 Å². The lowest BCUT2D eigenvalue weighted by molar-refractivity contribution is 0.201. The molecule has 0 aromatic heterocycles. The van der Waals surface area contributed by atoms with Gasteiger partial charge in [-0.1, -0.05) is 25.7 Å². The molecule has 0 unspecified atom stereocenters. The predicted molar refractivity (Wildman–Crippen MR) is 87.0 cm³/mol. The molecule has 2 fully saturated rings. The molecule has 1 heterocycles. The van der Waals surface area contributed by atoms with Gasteiger partial charge in [0, 0.05) is 19.6 Å². The third-order valence-electron chi connectivity index (χ3n) is 5.10. The lowest BCUT2D eigenvalue weighted by Crippen LogP contribution is -2.34. The first-order valence-electron chi connectivity index (χ1n) is 9.03. The molecule has 2 N–H and O–H groups in total. The van der Waals surface area contributed by atoms with Crippen LogP contribution >= 0.6 is 0 Å². The van der Waals surface area contributed by atoms with Gasteiger partial charge in [0.1, 0.15) is 0 Å². The molecule has 1 aliphatic heterocycles. The predicted octanol–water partition coefficient (Wildman–Crippen LogP) is 2.70. The second-order valence-electron chi connectivity index (χ2n) is 6.85. The van der Waals surface area contributed by atoms with Crippen LogP contribution in [0.15, 0.2) is 0 Å². The van der Waals surface area contributed by atoms with Crippen LogP contribution < -0.4 is 5.73 Å². The van der Waals surface area contributed by atoms with Crippen LogP contribution in [0.1, 0.15) is 57.8 Å². The first-order chi connectivity index (χ1) is 9.88. The van der Waals surface area contributed by atoms with Gasteiger partial charge in [-0.15, -0.1) is 0 Å². The van der Waals surface area contributed by atoms with Crippen LogP contribution in [-0.4, -0.2) is 55.6 Å². The molecule has 0 amide bonds. The van der Waals surface area contributed by atoms with Crippen molar-refractivity contribution >= 4 is 0 Å². The van der Waals surface area contributed by atoms with Crippen molar-refractivity contribution in [2.75, 3.05) is 45.8 Å². The third-order valence-corrected chi connectivity index (χ3v) is 5.10. The molecule has 0 spiro atoms. The van der Waals surface area contributed by atoms with E-state index in [2.05, 4.69) is 9.80 Å². The number of hydrogen-bond acceptors (Lipinski definition) is 3. The number of nitrogens with zero attached hydrogens (tertiary/aromatic N) is 2. The summed E-state index contributed by atoms with van der Waals surface area (Å²) in [4.78, 5) is 5.42. The fourth-order valence-corrected chi connectivity index (χ4v) is 3.82. The zero-order valence-corrected chi connectivity index (χ0v) is 13.4. The molecule has 0 aromatic rings. The van der Waals surface area contributed by atoms with Crippen molar-refractivity contribution in [2.24, 2.45) is 11.7 Å². The highest BCUT2D eigenvalue weighted by molar-refractivity contribution is 4.74. The summed E-state index contributed by atoms with van der Waals surface area (Å²) in [5.41, 5.74) is 5.56. The summed E-state index contributed by atoms with van der Waals surface area (Å²) < 4.78 is 0. The molecule has 0 radical (unpaired) electrons. The van der Waals surface area contributed by atoms with E-state index in [1.54, 1.807) is 0 Å². The first-order valence-corrected chi connectivity index (χ1v) is 9.03. The fraction of sp³-hybridized carbons (Fsp3) is 1.00. The van der Waals surface area contributed by atoms with Crippen molar-refractivity contribution < 1.29 is 0 Å². The van der Waals surface area contributed by atoms with E-state index >= 15 is 0 Å². The molecule has 1 aliphatic carbocycles. The van der Waals surface area contributed by atoms with Gasteiger partial charge >= 0.3 is 0 Å². The van der Waals surface area contributed by atoms with Crippen molar-refractivity contribution in [3.8, 4) is 0 Å². The Morgan fingerprint density at radius 3 is 2.30 bits per heavy atom. The van der Waals surface area contributed by atoms with Crippen molar-refractivity contribution in [2.45, 2.75) is 57.8 Å². The molecule has 20 heavy (non-hydrogen) atoms. The topological polar surface area (TPSA) is 32.5 Å². The van der Waals surface area contributed by atoms with Gasteiger partial charge in [0.2, 0.25) is 0 Å². The van der Waals surface area contributed by atoms with Gasteiger partial charge < -0.3 is 15.5 Å². The standard InChI is InChI=1S/C17H35N3/c18-10-5-2-6-11-19-12-7-13-20(15-14-19)16-17-8-3-1-4-9-17/h17H,1-16,18H2. The maximum absolute atomic E-state index is 5.56. The fourth-order valence-electron chi connectivity index (χ4n) is 3.82. The van der Waals surface area contributed by atoms with Crippen LogP contribution in [0.4, 0.5) is 0 Å². The Bertz CT molecular complexity index is 238. The van der Waals surface area contributed by atoms with Crippen LogP contribution in [-0.2, 0) is 0 Å². The lowest BCUT2D eigenvalue weighted by Gasteiger charge is -2.28. The maximum atomic E-state index is 5.56. The minimum atomic E-state index is 0.856. The van der Waals surface area contributed by atoms with E-state index in [9.17, 15) is 0 Å². The average Bonchev–Trinajstić information content (AvgIpc) is 2.70. The van der Waals surface area contributed by atoms with E-state index in [-0.39, 0.29) is 0 Å². The maximum Gasteiger partial charge on any atom is 0.0109 e. The SMILES string of the molecule is NCCCCCN1CCCN(CC2CCCCC2)CC1. The zero-order valence-electron chi connectivity index (χ0n) is 13.4. The molecule has 3 heteroatoms. The van der Waals surface area contributed by atoms with Crippen LogP contribution in [0.25, 0.3) is 0 Å². The van der Waals surface area contributed by atoms with Gasteiger partial charge in [0.05, 0.1) is 0 Å². The largest absolute Gasteiger partial charge is 0.330 e. The molecular formula is C17H35N3. The van der Waals surface area contributed by atoms with Gasteiger partial charge in [0.25, 0.3) is 0 Å². The Balaban J connectivity index is 1.61. The second-order valence-corrected chi connectivity index (χ2v) is 6.85. The summed E-state index contributed by atoms with van der Waals surface area (Å²) in [6.45, 7) is 8.75. The van der Waals surface area contributed by atoms with Crippen LogP contribution in [0.5, 0.6) is 0 Å². The molecular weight excluding hydrogens is 246 g/mol. The highest BCUT2D eigenvalue weighted by Crippen LogP contribution is 2.24. The molecule has 3 nitrogen and oxygen atoms in total. The van der Waals surface area contributed by atoms with E-state index in [0.717, 1.165) is 12.5 Å². The Hall–Kier alpha value is -0.120. The molecule has 0 aromatic carbocycles. The number of rotatable bonds is 7. The molecule has 0 atom stereocenters. The molecule has 118 valence electrons. The molecule has 1 saturated heterocycles. The average molecular weight is 281 g/mol. The van der Waals surface area contributed by atoms with Crippen molar-refractivity contribution in [1.82, 2.24) is 9.80 Å². The lowest BCUT2D eigenvalue weighted by atomic mass is 9.89. The van der Waals surface area contributed by atoms with Crippen LogP contribution in [0.2, 0.25) is 0 Å². The second kappa shape index (κ2) is 9.75. The smallest absolute Gasteiger partial charge is 0.0109 e. The van der Waals surface area contributed by atoms with Crippen LogP contribution in [0, 0.1) is 5.92 Å². The molecule has 2 aliphatic rings. The van der Waals surface area contributed by atoms with E-state index in [0.29, 0.717) is 0 Å². The summed E-state index contributed by atoms with van der Waals surface area (Å²) in [6, 6.07) is 0. The number of unbranched alkanes of at least 4 members (excludes halogenated alkanes) is 2. The summed E-state index contributed by atoms with van der Waals surface area (Å²) >= 11 is 0. The van der Waals surface area contributed by atoms with Gasteiger partial charge in [-0.25, -0.2) is 0 Å². The normalized spacial score (nSPS) is 23.9. The molecule has 0 bridgehead atoms. The van der Waals surface area contributed by atoms with E-state index in [4.69, 9.17) is 5.73 Å². The molecule has 1 saturated carbocycles. The minimum absolute atomic E-state index is 0.856. The monoisotopic (exact) mass is 281 g/mol. The van der Waals surface area contributed by atoms with Crippen molar-refractivity contribution in [1.29, 1.82) is 0 Å². The minimum Gasteiger partial charge on any atom is -0.330 e. The summed E-state index contributed by atoms with van der Waals surface area (Å²) in [6.07, 6.45) is 12.6. The molecule has 2 rings (SSSR count). The van der Waals surface area contributed by atoms with E-state index < -0.39 is 0 Å². The summed E-state index contributed by atoms with van der Waals surface area (Å²) in [5.74, 6) is 1.000. The van der Waals surface area contributed by atoms with Gasteiger partial charge in [-0.3, -0.25) is 0 Å². The third kappa shape index (κ3) is 6.11. The zero-order chi connectivity index (χ0) is 14.0. The first kappa shape index (κ1) is 16.3. The van der Waals surface area contributed by atoms with E-state index in [1.807, 2.05) is 0 Å². The quantitative estimate of drug-likeness (QED) is 0.728. The van der Waals surface area contributed by atoms with Gasteiger partial charge in [-0.2, -0.15) is 0 Å². The Morgan fingerprint density at radius 2 is 1.50 bits per heavy atom. The number of hydrogen-bond donors (Lipinski definition) is 1. The van der Waals surface area contributed by atoms with Gasteiger partial charge in [0.15, 0.2) is 0 Å². The highest BCUT2D eigenvalue weighted by atomic mass is 15.2. The summed E-state index contributed by atoms with van der Waals surface area (Å²) in [5, 5.41) is 0. The Kier molecular flexibility index (Phi) is 7.92.